The Balaban J connectivity index is 2.06. The molecule has 1 fully saturated rings. The van der Waals surface area contributed by atoms with Gasteiger partial charge in [0.2, 0.25) is 5.89 Å². The van der Waals surface area contributed by atoms with Gasteiger partial charge >= 0.3 is 6.01 Å². The molecule has 1 aromatic rings. The number of anilines is 1. The summed E-state index contributed by atoms with van der Waals surface area (Å²) in [7, 11) is 0. The van der Waals surface area contributed by atoms with Crippen molar-refractivity contribution in [3.05, 3.63) is 5.89 Å². The minimum Gasteiger partial charge on any atom is -0.407 e. The highest BCUT2D eigenvalue weighted by molar-refractivity contribution is 5.24. The SMILES string of the molecule is CC1CCCN(c2nnc(CN)o2)C1. The molecule has 78 valence electrons. The van der Waals surface area contributed by atoms with E-state index in [2.05, 4.69) is 22.0 Å². The van der Waals surface area contributed by atoms with Gasteiger partial charge in [0, 0.05) is 13.1 Å². The molecule has 5 heteroatoms. The van der Waals surface area contributed by atoms with E-state index in [1.807, 2.05) is 0 Å². The third-order valence-corrected chi connectivity index (χ3v) is 2.56. The van der Waals surface area contributed by atoms with Gasteiger partial charge < -0.3 is 15.1 Å². The van der Waals surface area contributed by atoms with E-state index in [9.17, 15) is 0 Å². The molecular weight excluding hydrogens is 180 g/mol. The first kappa shape index (κ1) is 9.45. The van der Waals surface area contributed by atoms with Gasteiger partial charge in [-0.25, -0.2) is 0 Å². The number of nitrogens with zero attached hydrogens (tertiary/aromatic N) is 3. The normalized spacial score (nSPS) is 22.7. The Hall–Kier alpha value is -1.10. The summed E-state index contributed by atoms with van der Waals surface area (Å²) < 4.78 is 5.40. The molecule has 0 amide bonds. The van der Waals surface area contributed by atoms with E-state index in [4.69, 9.17) is 10.2 Å². The zero-order chi connectivity index (χ0) is 9.97. The summed E-state index contributed by atoms with van der Waals surface area (Å²) in [5, 5.41) is 7.83. The molecule has 1 saturated heterocycles. The van der Waals surface area contributed by atoms with E-state index in [0.29, 0.717) is 24.4 Å². The fourth-order valence-corrected chi connectivity index (χ4v) is 1.82. The van der Waals surface area contributed by atoms with Crippen LogP contribution in [-0.4, -0.2) is 23.3 Å². The quantitative estimate of drug-likeness (QED) is 0.756. The second-order valence-corrected chi connectivity index (χ2v) is 3.88. The van der Waals surface area contributed by atoms with Crippen LogP contribution in [0.4, 0.5) is 6.01 Å². The largest absolute Gasteiger partial charge is 0.407 e. The van der Waals surface area contributed by atoms with Gasteiger partial charge in [-0.05, 0) is 18.8 Å². The maximum Gasteiger partial charge on any atom is 0.318 e. The second-order valence-electron chi connectivity index (χ2n) is 3.88. The standard InChI is InChI=1S/C9H16N4O/c1-7-3-2-4-13(6-7)9-12-11-8(5-10)14-9/h7H,2-6,10H2,1H3. The average molecular weight is 196 g/mol. The van der Waals surface area contributed by atoms with Gasteiger partial charge in [0.05, 0.1) is 6.54 Å². The molecule has 0 aromatic carbocycles. The lowest BCUT2D eigenvalue weighted by Crippen LogP contribution is -2.34. The van der Waals surface area contributed by atoms with E-state index in [1.165, 1.54) is 12.8 Å². The topological polar surface area (TPSA) is 68.2 Å². The first-order chi connectivity index (χ1) is 6.79. The van der Waals surface area contributed by atoms with Crippen molar-refractivity contribution in [2.75, 3.05) is 18.0 Å². The van der Waals surface area contributed by atoms with Crippen molar-refractivity contribution in [2.24, 2.45) is 11.7 Å². The lowest BCUT2D eigenvalue weighted by Gasteiger charge is -2.28. The molecule has 0 bridgehead atoms. The Bertz CT molecular complexity index is 299. The molecule has 0 spiro atoms. The van der Waals surface area contributed by atoms with Crippen molar-refractivity contribution < 1.29 is 4.42 Å². The zero-order valence-corrected chi connectivity index (χ0v) is 8.44. The summed E-state index contributed by atoms with van der Waals surface area (Å²) >= 11 is 0. The molecule has 14 heavy (non-hydrogen) atoms. The maximum absolute atomic E-state index is 5.41. The Labute approximate surface area is 83.3 Å². The summed E-state index contributed by atoms with van der Waals surface area (Å²) in [6.45, 7) is 4.57. The minimum absolute atomic E-state index is 0.316. The van der Waals surface area contributed by atoms with Crippen molar-refractivity contribution in [1.29, 1.82) is 0 Å². The van der Waals surface area contributed by atoms with Gasteiger partial charge in [0.15, 0.2) is 0 Å². The van der Waals surface area contributed by atoms with Gasteiger partial charge in [-0.2, -0.15) is 0 Å². The number of rotatable bonds is 2. The summed E-state index contributed by atoms with van der Waals surface area (Å²) in [5.41, 5.74) is 5.41. The zero-order valence-electron chi connectivity index (χ0n) is 8.44. The molecule has 1 aliphatic rings. The summed E-state index contributed by atoms with van der Waals surface area (Å²) in [6, 6.07) is 0.622. The Morgan fingerprint density at radius 3 is 3.07 bits per heavy atom. The molecule has 1 aliphatic heterocycles. The predicted octanol–water partition coefficient (Wildman–Crippen LogP) is 0.765. The molecule has 1 atom stereocenters. The molecule has 0 radical (unpaired) electrons. The minimum atomic E-state index is 0.316. The molecule has 2 heterocycles. The highest BCUT2D eigenvalue weighted by Gasteiger charge is 2.20. The van der Waals surface area contributed by atoms with Crippen molar-refractivity contribution in [3.8, 4) is 0 Å². The summed E-state index contributed by atoms with van der Waals surface area (Å²) in [6.07, 6.45) is 2.48. The summed E-state index contributed by atoms with van der Waals surface area (Å²) in [5.74, 6) is 1.22. The van der Waals surface area contributed by atoms with E-state index in [1.54, 1.807) is 0 Å². The van der Waals surface area contributed by atoms with Gasteiger partial charge in [0.25, 0.3) is 0 Å². The van der Waals surface area contributed by atoms with Gasteiger partial charge in [-0.3, -0.25) is 0 Å². The lowest BCUT2D eigenvalue weighted by atomic mass is 10.0. The molecule has 2 rings (SSSR count). The van der Waals surface area contributed by atoms with Crippen LogP contribution in [0, 0.1) is 5.92 Å². The molecule has 1 unspecified atom stereocenters. The van der Waals surface area contributed by atoms with Crippen LogP contribution in [0.15, 0.2) is 4.42 Å². The number of piperidine rings is 1. The first-order valence-electron chi connectivity index (χ1n) is 5.07. The molecular formula is C9H16N4O. The molecule has 2 N–H and O–H groups in total. The number of nitrogens with two attached hydrogens (primary N) is 1. The molecule has 0 aliphatic carbocycles. The smallest absolute Gasteiger partial charge is 0.318 e. The van der Waals surface area contributed by atoms with Gasteiger partial charge in [-0.1, -0.05) is 12.0 Å². The Morgan fingerprint density at radius 2 is 2.43 bits per heavy atom. The third-order valence-electron chi connectivity index (χ3n) is 2.56. The maximum atomic E-state index is 5.41. The third kappa shape index (κ3) is 1.87. The fraction of sp³-hybridized carbons (Fsp3) is 0.778. The van der Waals surface area contributed by atoms with Crippen LogP contribution >= 0.6 is 0 Å². The van der Waals surface area contributed by atoms with Crippen molar-refractivity contribution >= 4 is 6.01 Å². The van der Waals surface area contributed by atoms with Crippen LogP contribution in [0.5, 0.6) is 0 Å². The van der Waals surface area contributed by atoms with E-state index in [-0.39, 0.29) is 0 Å². The van der Waals surface area contributed by atoms with Crippen LogP contribution in [0.1, 0.15) is 25.7 Å². The monoisotopic (exact) mass is 196 g/mol. The molecule has 5 nitrogen and oxygen atoms in total. The van der Waals surface area contributed by atoms with Crippen LogP contribution in [-0.2, 0) is 6.54 Å². The van der Waals surface area contributed by atoms with Crippen LogP contribution in [0.2, 0.25) is 0 Å². The predicted molar refractivity (Wildman–Crippen MR) is 52.8 cm³/mol. The number of aromatic nitrogens is 2. The second kappa shape index (κ2) is 3.96. The van der Waals surface area contributed by atoms with Crippen molar-refractivity contribution in [2.45, 2.75) is 26.3 Å². The fourth-order valence-electron chi connectivity index (χ4n) is 1.82. The molecule has 1 aromatic heterocycles. The van der Waals surface area contributed by atoms with Crippen LogP contribution < -0.4 is 10.6 Å². The highest BCUT2D eigenvalue weighted by atomic mass is 16.4. The first-order valence-corrected chi connectivity index (χ1v) is 5.07. The number of hydrogen-bond donors (Lipinski definition) is 1. The van der Waals surface area contributed by atoms with E-state index in [0.717, 1.165) is 13.1 Å². The van der Waals surface area contributed by atoms with E-state index < -0.39 is 0 Å². The summed E-state index contributed by atoms with van der Waals surface area (Å²) in [4.78, 5) is 2.14. The van der Waals surface area contributed by atoms with Crippen LogP contribution in [0.25, 0.3) is 0 Å². The van der Waals surface area contributed by atoms with E-state index >= 15 is 0 Å². The molecule has 0 saturated carbocycles. The Kier molecular flexibility index (Phi) is 2.67. The highest BCUT2D eigenvalue weighted by Crippen LogP contribution is 2.21. The Morgan fingerprint density at radius 1 is 1.57 bits per heavy atom. The van der Waals surface area contributed by atoms with Crippen molar-refractivity contribution in [1.82, 2.24) is 10.2 Å². The lowest BCUT2D eigenvalue weighted by molar-refractivity contribution is 0.408. The van der Waals surface area contributed by atoms with Crippen LogP contribution in [0.3, 0.4) is 0 Å². The van der Waals surface area contributed by atoms with Gasteiger partial charge in [-0.15, -0.1) is 5.10 Å². The van der Waals surface area contributed by atoms with Gasteiger partial charge in [0.1, 0.15) is 0 Å². The van der Waals surface area contributed by atoms with Crippen molar-refractivity contribution in [3.63, 3.8) is 0 Å². The average Bonchev–Trinajstić information content (AvgIpc) is 2.66. The number of hydrogen-bond acceptors (Lipinski definition) is 5.